The molecule has 1 heterocycles. The SMILES string of the molecule is CC1(C)[C@@H]2N=N[C@@]1(c1ccccc1)[C@H]1C=CC[C@@H]21. The minimum absolute atomic E-state index is 0.128. The van der Waals surface area contributed by atoms with E-state index in [4.69, 9.17) is 5.11 Å². The number of fused-ring (bicyclic) bond motifs is 5. The summed E-state index contributed by atoms with van der Waals surface area (Å²) in [6.07, 6.45) is 5.88. The molecule has 1 fully saturated rings. The normalized spacial score (nSPS) is 42.4. The molecule has 92 valence electrons. The molecule has 18 heavy (non-hydrogen) atoms. The van der Waals surface area contributed by atoms with Crippen LogP contribution in [0, 0.1) is 17.3 Å². The largest absolute Gasteiger partial charge is 0.189 e. The zero-order valence-electron chi connectivity index (χ0n) is 10.9. The Morgan fingerprint density at radius 2 is 1.94 bits per heavy atom. The fourth-order valence-electron chi connectivity index (χ4n) is 4.53. The first kappa shape index (κ1) is 10.5. The van der Waals surface area contributed by atoms with Crippen LogP contribution in [0.2, 0.25) is 0 Å². The molecule has 0 spiro atoms. The summed E-state index contributed by atoms with van der Waals surface area (Å²) >= 11 is 0. The molecule has 2 nitrogen and oxygen atoms in total. The van der Waals surface area contributed by atoms with Crippen molar-refractivity contribution in [3.8, 4) is 0 Å². The smallest absolute Gasteiger partial charge is 0.120 e. The second-order valence-corrected chi connectivity index (χ2v) is 6.37. The number of allylic oxidation sites excluding steroid dienone is 1. The quantitative estimate of drug-likeness (QED) is 0.662. The van der Waals surface area contributed by atoms with Gasteiger partial charge in [-0.1, -0.05) is 56.3 Å². The summed E-state index contributed by atoms with van der Waals surface area (Å²) in [4.78, 5) is 0. The topological polar surface area (TPSA) is 24.7 Å². The summed E-state index contributed by atoms with van der Waals surface area (Å²) < 4.78 is 0. The van der Waals surface area contributed by atoms with Gasteiger partial charge in [-0.05, 0) is 17.9 Å². The van der Waals surface area contributed by atoms with E-state index >= 15 is 0 Å². The third kappa shape index (κ3) is 0.933. The van der Waals surface area contributed by atoms with Crippen LogP contribution in [0.1, 0.15) is 25.8 Å². The summed E-state index contributed by atoms with van der Waals surface area (Å²) in [5.41, 5.74) is 1.34. The standard InChI is InChI=1S/C16H18N2/c1-15(2)14-12-9-6-10-13(12)16(15,18-17-14)11-7-4-3-5-8-11/h3-8,10,12-14H,9H2,1-2H3/t12-,13+,14-,16+/m1/s1. The Balaban J connectivity index is 1.97. The van der Waals surface area contributed by atoms with Crippen molar-refractivity contribution in [1.29, 1.82) is 0 Å². The van der Waals surface area contributed by atoms with Crippen LogP contribution in [0.15, 0.2) is 52.7 Å². The average Bonchev–Trinajstić information content (AvgIpc) is 2.99. The van der Waals surface area contributed by atoms with E-state index in [9.17, 15) is 0 Å². The number of hydrogen-bond acceptors (Lipinski definition) is 2. The number of nitrogens with zero attached hydrogens (tertiary/aromatic N) is 2. The van der Waals surface area contributed by atoms with Gasteiger partial charge in [0.2, 0.25) is 0 Å². The van der Waals surface area contributed by atoms with Gasteiger partial charge in [-0.3, -0.25) is 0 Å². The molecular formula is C16H18N2. The first-order valence-electron chi connectivity index (χ1n) is 6.82. The molecule has 3 aliphatic rings. The Bertz CT molecular complexity index is 543. The van der Waals surface area contributed by atoms with Crippen LogP contribution in [0.3, 0.4) is 0 Å². The molecule has 4 rings (SSSR count). The molecule has 1 aromatic rings. The van der Waals surface area contributed by atoms with Crippen molar-refractivity contribution in [2.24, 2.45) is 27.5 Å². The van der Waals surface area contributed by atoms with Crippen molar-refractivity contribution in [2.75, 3.05) is 0 Å². The molecule has 1 saturated carbocycles. The van der Waals surface area contributed by atoms with Crippen LogP contribution in [0.4, 0.5) is 0 Å². The number of azo groups is 1. The van der Waals surface area contributed by atoms with Gasteiger partial charge in [-0.15, -0.1) is 0 Å². The van der Waals surface area contributed by atoms with Crippen LogP contribution in [-0.4, -0.2) is 6.04 Å². The first-order valence-corrected chi connectivity index (χ1v) is 6.82. The van der Waals surface area contributed by atoms with Crippen molar-refractivity contribution >= 4 is 0 Å². The fourth-order valence-corrected chi connectivity index (χ4v) is 4.53. The summed E-state index contributed by atoms with van der Waals surface area (Å²) in [7, 11) is 0. The number of benzene rings is 1. The third-order valence-electron chi connectivity index (χ3n) is 5.38. The minimum atomic E-state index is -0.128. The van der Waals surface area contributed by atoms with Crippen LogP contribution >= 0.6 is 0 Å². The van der Waals surface area contributed by atoms with E-state index in [1.54, 1.807) is 0 Å². The van der Waals surface area contributed by atoms with Crippen LogP contribution in [0.25, 0.3) is 0 Å². The molecule has 0 radical (unpaired) electrons. The molecule has 2 heteroatoms. The predicted molar refractivity (Wildman–Crippen MR) is 71.3 cm³/mol. The van der Waals surface area contributed by atoms with Gasteiger partial charge in [0.05, 0.1) is 6.04 Å². The van der Waals surface area contributed by atoms with E-state index in [0.29, 0.717) is 17.9 Å². The zero-order chi connectivity index (χ0) is 12.4. The van der Waals surface area contributed by atoms with Crippen molar-refractivity contribution in [2.45, 2.75) is 31.8 Å². The highest BCUT2D eigenvalue weighted by molar-refractivity contribution is 5.39. The lowest BCUT2D eigenvalue weighted by molar-refractivity contribution is 0.204. The van der Waals surface area contributed by atoms with Gasteiger partial charge in [0.25, 0.3) is 0 Å². The molecule has 4 atom stereocenters. The average molecular weight is 238 g/mol. The fraction of sp³-hybridized carbons (Fsp3) is 0.500. The van der Waals surface area contributed by atoms with Gasteiger partial charge in [-0.25, -0.2) is 0 Å². The maximum Gasteiger partial charge on any atom is 0.120 e. The first-order chi connectivity index (χ1) is 8.68. The minimum Gasteiger partial charge on any atom is -0.189 e. The van der Waals surface area contributed by atoms with Gasteiger partial charge in [0.1, 0.15) is 5.54 Å². The zero-order valence-corrected chi connectivity index (χ0v) is 10.9. The van der Waals surface area contributed by atoms with Gasteiger partial charge in [-0.2, -0.15) is 10.2 Å². The van der Waals surface area contributed by atoms with Crippen LogP contribution in [-0.2, 0) is 5.54 Å². The summed E-state index contributed by atoms with van der Waals surface area (Å²) in [5, 5.41) is 9.41. The van der Waals surface area contributed by atoms with Crippen LogP contribution < -0.4 is 0 Å². The highest BCUT2D eigenvalue weighted by Crippen LogP contribution is 2.67. The van der Waals surface area contributed by atoms with Crippen molar-refractivity contribution in [3.05, 3.63) is 48.0 Å². The van der Waals surface area contributed by atoms with Crippen LogP contribution in [0.5, 0.6) is 0 Å². The molecule has 0 amide bonds. The van der Waals surface area contributed by atoms with E-state index < -0.39 is 0 Å². The van der Waals surface area contributed by atoms with Gasteiger partial charge in [0.15, 0.2) is 0 Å². The molecule has 1 aromatic carbocycles. The highest BCUT2D eigenvalue weighted by atomic mass is 15.3. The van der Waals surface area contributed by atoms with Gasteiger partial charge >= 0.3 is 0 Å². The van der Waals surface area contributed by atoms with E-state index in [1.165, 1.54) is 12.0 Å². The van der Waals surface area contributed by atoms with Crippen molar-refractivity contribution < 1.29 is 0 Å². The van der Waals surface area contributed by atoms with Crippen molar-refractivity contribution in [1.82, 2.24) is 0 Å². The molecule has 2 aliphatic carbocycles. The monoisotopic (exact) mass is 238 g/mol. The molecule has 2 bridgehead atoms. The maximum atomic E-state index is 4.77. The molecule has 0 N–H and O–H groups in total. The maximum absolute atomic E-state index is 4.77. The van der Waals surface area contributed by atoms with E-state index in [0.717, 1.165) is 0 Å². The summed E-state index contributed by atoms with van der Waals surface area (Å²) in [6, 6.07) is 11.1. The Kier molecular flexibility index (Phi) is 1.81. The lowest BCUT2D eigenvalue weighted by Gasteiger charge is -2.37. The lowest BCUT2D eigenvalue weighted by Crippen LogP contribution is -2.39. The summed E-state index contributed by atoms with van der Waals surface area (Å²) in [6.45, 7) is 4.69. The second kappa shape index (κ2) is 3.11. The van der Waals surface area contributed by atoms with Crippen molar-refractivity contribution in [3.63, 3.8) is 0 Å². The second-order valence-electron chi connectivity index (χ2n) is 6.37. The third-order valence-corrected chi connectivity index (χ3v) is 5.38. The van der Waals surface area contributed by atoms with E-state index in [2.05, 4.69) is 61.4 Å². The Morgan fingerprint density at radius 3 is 2.72 bits per heavy atom. The Labute approximate surface area is 108 Å². The molecule has 0 unspecified atom stereocenters. The van der Waals surface area contributed by atoms with Gasteiger partial charge < -0.3 is 0 Å². The molecule has 0 aromatic heterocycles. The number of rotatable bonds is 1. The molecular weight excluding hydrogens is 220 g/mol. The number of hydrogen-bond donors (Lipinski definition) is 0. The predicted octanol–water partition coefficient (Wildman–Crippen LogP) is 3.95. The highest BCUT2D eigenvalue weighted by Gasteiger charge is 2.69. The Morgan fingerprint density at radius 1 is 1.17 bits per heavy atom. The van der Waals surface area contributed by atoms with E-state index in [-0.39, 0.29) is 11.0 Å². The van der Waals surface area contributed by atoms with Gasteiger partial charge in [0, 0.05) is 11.3 Å². The summed E-state index contributed by atoms with van der Waals surface area (Å²) in [5.74, 6) is 1.20. The molecule has 1 aliphatic heterocycles. The molecule has 0 saturated heterocycles. The Hall–Kier alpha value is -1.44. The van der Waals surface area contributed by atoms with E-state index in [1.807, 2.05) is 0 Å². The lowest BCUT2D eigenvalue weighted by atomic mass is 9.67.